The second-order valence-electron chi connectivity index (χ2n) is 5.98. The van der Waals surface area contributed by atoms with Crippen LogP contribution in [0.1, 0.15) is 48.5 Å². The normalized spacial score (nSPS) is 15.8. The lowest BCUT2D eigenvalue weighted by atomic mass is 9.81. The molecule has 0 amide bonds. The fraction of sp³-hybridized carbons (Fsp3) is 1.00. The summed E-state index contributed by atoms with van der Waals surface area (Å²) in [5.74, 6) is 0. The molecule has 0 spiro atoms. The zero-order valence-electron chi connectivity index (χ0n) is 12.6. The van der Waals surface area contributed by atoms with E-state index < -0.39 is 18.8 Å². The molecule has 0 saturated carbocycles. The summed E-state index contributed by atoms with van der Waals surface area (Å²) in [4.78, 5) is 0. The standard InChI is InChI=1S/C12H28NO4P/c1-8-16-18(15,17-9-2)10(11(3,4)5)12(6,7)13-14/h10,13-14H,8-9H2,1-7H3. The van der Waals surface area contributed by atoms with Gasteiger partial charge in [0.25, 0.3) is 0 Å². The molecule has 110 valence electrons. The molecule has 0 aliphatic heterocycles. The Morgan fingerprint density at radius 3 is 1.72 bits per heavy atom. The Labute approximate surface area is 111 Å². The Bertz CT molecular complexity index is 289. The van der Waals surface area contributed by atoms with Gasteiger partial charge in [-0.05, 0) is 33.1 Å². The van der Waals surface area contributed by atoms with E-state index >= 15 is 0 Å². The Balaban J connectivity index is 5.60. The van der Waals surface area contributed by atoms with E-state index in [2.05, 4.69) is 5.48 Å². The lowest BCUT2D eigenvalue weighted by Crippen LogP contribution is -2.53. The van der Waals surface area contributed by atoms with Crippen LogP contribution < -0.4 is 5.48 Å². The van der Waals surface area contributed by atoms with Gasteiger partial charge in [-0.25, -0.2) is 0 Å². The first kappa shape index (κ1) is 18.1. The van der Waals surface area contributed by atoms with Crippen molar-refractivity contribution in [1.82, 2.24) is 5.48 Å². The summed E-state index contributed by atoms with van der Waals surface area (Å²) >= 11 is 0. The van der Waals surface area contributed by atoms with Crippen molar-refractivity contribution in [3.8, 4) is 0 Å². The predicted octanol–water partition coefficient (Wildman–Crippen LogP) is 3.42. The molecular formula is C12H28NO4P. The van der Waals surface area contributed by atoms with Gasteiger partial charge in [0.15, 0.2) is 0 Å². The summed E-state index contributed by atoms with van der Waals surface area (Å²) in [6.45, 7) is 13.6. The van der Waals surface area contributed by atoms with Crippen molar-refractivity contribution in [1.29, 1.82) is 0 Å². The van der Waals surface area contributed by atoms with Crippen molar-refractivity contribution >= 4 is 7.60 Å². The van der Waals surface area contributed by atoms with Gasteiger partial charge in [-0.1, -0.05) is 20.8 Å². The third-order valence-electron chi connectivity index (χ3n) is 2.73. The first-order valence-corrected chi connectivity index (χ1v) is 7.96. The first-order valence-electron chi connectivity index (χ1n) is 6.35. The average Bonchev–Trinajstić information content (AvgIpc) is 2.15. The number of hydrogen-bond donors (Lipinski definition) is 2. The molecule has 0 radical (unpaired) electrons. The molecule has 1 atom stereocenters. The summed E-state index contributed by atoms with van der Waals surface area (Å²) in [5, 5.41) is 9.35. The van der Waals surface area contributed by atoms with Crippen LogP contribution in [0.2, 0.25) is 0 Å². The second kappa shape index (κ2) is 6.49. The minimum Gasteiger partial charge on any atom is -0.316 e. The van der Waals surface area contributed by atoms with Crippen molar-refractivity contribution < 1.29 is 18.8 Å². The number of hydroxylamine groups is 1. The maximum absolute atomic E-state index is 13.0. The van der Waals surface area contributed by atoms with Gasteiger partial charge in [-0.15, -0.1) is 0 Å². The predicted molar refractivity (Wildman–Crippen MR) is 73.1 cm³/mol. The average molecular weight is 281 g/mol. The van der Waals surface area contributed by atoms with Crippen LogP contribution in [0.5, 0.6) is 0 Å². The molecule has 2 N–H and O–H groups in total. The van der Waals surface area contributed by atoms with Crippen molar-refractivity contribution in [2.75, 3.05) is 13.2 Å². The molecule has 0 aliphatic carbocycles. The number of nitrogens with one attached hydrogen (secondary N) is 1. The van der Waals surface area contributed by atoms with Gasteiger partial charge in [-0.2, -0.15) is 5.48 Å². The Hall–Kier alpha value is 0.0700. The summed E-state index contributed by atoms with van der Waals surface area (Å²) < 4.78 is 23.8. The van der Waals surface area contributed by atoms with Gasteiger partial charge in [0.1, 0.15) is 0 Å². The van der Waals surface area contributed by atoms with Gasteiger partial charge in [0, 0.05) is 0 Å². The van der Waals surface area contributed by atoms with E-state index in [1.165, 1.54) is 0 Å². The van der Waals surface area contributed by atoms with Crippen LogP contribution in [0, 0.1) is 5.41 Å². The lowest BCUT2D eigenvalue weighted by molar-refractivity contribution is 0.0471. The highest BCUT2D eigenvalue weighted by molar-refractivity contribution is 7.54. The highest BCUT2D eigenvalue weighted by atomic mass is 31.2. The molecule has 0 aromatic carbocycles. The van der Waals surface area contributed by atoms with E-state index in [-0.39, 0.29) is 5.41 Å². The molecule has 0 aliphatic rings. The van der Waals surface area contributed by atoms with E-state index in [0.717, 1.165) is 0 Å². The van der Waals surface area contributed by atoms with Crippen molar-refractivity contribution in [2.24, 2.45) is 5.41 Å². The number of hydrogen-bond acceptors (Lipinski definition) is 5. The molecule has 0 rings (SSSR count). The fourth-order valence-corrected chi connectivity index (χ4v) is 5.45. The lowest BCUT2D eigenvalue weighted by Gasteiger charge is -2.44. The van der Waals surface area contributed by atoms with Crippen LogP contribution in [0.3, 0.4) is 0 Å². The zero-order chi connectivity index (χ0) is 14.6. The third kappa shape index (κ3) is 4.32. The molecule has 0 fully saturated rings. The van der Waals surface area contributed by atoms with Crippen LogP contribution in [-0.4, -0.2) is 29.6 Å². The molecule has 1 unspecified atom stereocenters. The molecule has 5 nitrogen and oxygen atoms in total. The molecule has 0 saturated heterocycles. The largest absolute Gasteiger partial charge is 0.336 e. The molecule has 0 heterocycles. The molecule has 6 heteroatoms. The van der Waals surface area contributed by atoms with Crippen LogP contribution >= 0.6 is 7.60 Å². The van der Waals surface area contributed by atoms with Gasteiger partial charge in [0.2, 0.25) is 0 Å². The minimum absolute atomic E-state index is 0.311. The summed E-state index contributed by atoms with van der Waals surface area (Å²) in [6.07, 6.45) is 0. The van der Waals surface area contributed by atoms with Crippen molar-refractivity contribution in [3.63, 3.8) is 0 Å². The fourth-order valence-electron chi connectivity index (χ4n) is 2.56. The van der Waals surface area contributed by atoms with Gasteiger partial charge < -0.3 is 14.3 Å². The summed E-state index contributed by atoms with van der Waals surface area (Å²) in [7, 11) is -3.31. The second-order valence-corrected chi connectivity index (χ2v) is 8.09. The van der Waals surface area contributed by atoms with E-state index in [4.69, 9.17) is 9.05 Å². The first-order chi connectivity index (χ1) is 8.05. The summed E-state index contributed by atoms with van der Waals surface area (Å²) in [5.41, 5.74) is 0.640. The van der Waals surface area contributed by atoms with Crippen LogP contribution in [0.15, 0.2) is 0 Å². The van der Waals surface area contributed by atoms with Gasteiger partial charge in [0.05, 0.1) is 24.4 Å². The maximum atomic E-state index is 13.0. The Kier molecular flexibility index (Phi) is 6.51. The SMILES string of the molecule is CCOP(=O)(OCC)C(C(C)(C)C)C(C)(C)NO. The smallest absolute Gasteiger partial charge is 0.316 e. The maximum Gasteiger partial charge on any atom is 0.336 e. The molecule has 0 aromatic heterocycles. The number of rotatable bonds is 7. The minimum atomic E-state index is -3.31. The topological polar surface area (TPSA) is 67.8 Å². The molecule has 18 heavy (non-hydrogen) atoms. The van der Waals surface area contributed by atoms with Crippen molar-refractivity contribution in [3.05, 3.63) is 0 Å². The van der Waals surface area contributed by atoms with E-state index in [1.807, 2.05) is 20.8 Å². The van der Waals surface area contributed by atoms with Crippen LogP contribution in [0.25, 0.3) is 0 Å². The van der Waals surface area contributed by atoms with E-state index in [1.54, 1.807) is 27.7 Å². The van der Waals surface area contributed by atoms with Crippen molar-refractivity contribution in [2.45, 2.75) is 59.7 Å². The molecular weight excluding hydrogens is 253 g/mol. The Morgan fingerprint density at radius 1 is 1.11 bits per heavy atom. The van der Waals surface area contributed by atoms with Crippen LogP contribution in [0.4, 0.5) is 0 Å². The quantitative estimate of drug-likeness (QED) is 0.553. The van der Waals surface area contributed by atoms with E-state index in [0.29, 0.717) is 13.2 Å². The van der Waals surface area contributed by atoms with Gasteiger partial charge in [-0.3, -0.25) is 4.57 Å². The molecule has 0 bridgehead atoms. The Morgan fingerprint density at radius 2 is 1.50 bits per heavy atom. The highest BCUT2D eigenvalue weighted by Crippen LogP contribution is 2.61. The van der Waals surface area contributed by atoms with Crippen LogP contribution in [-0.2, 0) is 13.6 Å². The van der Waals surface area contributed by atoms with E-state index in [9.17, 15) is 9.77 Å². The van der Waals surface area contributed by atoms with Gasteiger partial charge >= 0.3 is 7.60 Å². The molecule has 0 aromatic rings. The highest BCUT2D eigenvalue weighted by Gasteiger charge is 2.52. The zero-order valence-corrected chi connectivity index (χ0v) is 13.5. The third-order valence-corrected chi connectivity index (χ3v) is 6.02. The monoisotopic (exact) mass is 281 g/mol. The summed E-state index contributed by atoms with van der Waals surface area (Å²) in [6, 6.07) is 0.